The number of carbonyl (C=O) groups excluding carboxylic acids is 2. The number of halogens is 2. The van der Waals surface area contributed by atoms with E-state index in [4.69, 9.17) is 20.5 Å². The van der Waals surface area contributed by atoms with E-state index in [2.05, 4.69) is 15.8 Å². The molecule has 1 aliphatic rings. The van der Waals surface area contributed by atoms with Crippen molar-refractivity contribution in [2.45, 2.75) is 32.2 Å². The molecule has 1 aliphatic carbocycles. The summed E-state index contributed by atoms with van der Waals surface area (Å²) in [5.41, 5.74) is 0.288. The maximum Gasteiger partial charge on any atom is 0.286 e. The maximum atomic E-state index is 14.4. The van der Waals surface area contributed by atoms with Crippen LogP contribution in [0.15, 0.2) is 45.5 Å². The van der Waals surface area contributed by atoms with Gasteiger partial charge >= 0.3 is 0 Å². The number of aromatic nitrogens is 1. The fraction of sp³-hybridized carbons (Fsp3) is 0.318. The Labute approximate surface area is 182 Å². The molecular formula is C22H21ClFN3O4. The van der Waals surface area contributed by atoms with Crippen LogP contribution in [0.1, 0.15) is 45.9 Å². The van der Waals surface area contributed by atoms with Gasteiger partial charge in [0.25, 0.3) is 11.8 Å². The van der Waals surface area contributed by atoms with E-state index in [1.807, 2.05) is 0 Å². The van der Waals surface area contributed by atoms with Crippen molar-refractivity contribution in [1.29, 1.82) is 0 Å². The van der Waals surface area contributed by atoms with E-state index in [0.717, 1.165) is 12.8 Å². The van der Waals surface area contributed by atoms with E-state index in [9.17, 15) is 14.0 Å². The van der Waals surface area contributed by atoms with E-state index in [-0.39, 0.29) is 51.2 Å². The first kappa shape index (κ1) is 21.1. The van der Waals surface area contributed by atoms with Gasteiger partial charge in [0.2, 0.25) is 0 Å². The first-order valence-corrected chi connectivity index (χ1v) is 10.3. The van der Waals surface area contributed by atoms with Crippen molar-refractivity contribution >= 4 is 23.4 Å². The number of nitrogens with one attached hydrogen (secondary N) is 2. The highest BCUT2D eigenvalue weighted by molar-refractivity contribution is 6.33. The molecule has 1 saturated carbocycles. The van der Waals surface area contributed by atoms with Crippen LogP contribution in [0.25, 0.3) is 11.3 Å². The molecule has 0 bridgehead atoms. The quantitative estimate of drug-likeness (QED) is 0.587. The Balaban J connectivity index is 1.40. The van der Waals surface area contributed by atoms with Crippen LogP contribution in [-0.2, 0) is 0 Å². The molecule has 0 radical (unpaired) electrons. The minimum Gasteiger partial charge on any atom is -0.459 e. The second kappa shape index (κ2) is 8.93. The highest BCUT2D eigenvalue weighted by atomic mass is 35.5. The molecule has 31 heavy (non-hydrogen) atoms. The van der Waals surface area contributed by atoms with Gasteiger partial charge in [0.05, 0.1) is 16.8 Å². The van der Waals surface area contributed by atoms with Gasteiger partial charge in [-0.15, -0.1) is 0 Å². The standard InChI is InChI=1S/C22H21ClFN3O4/c1-12-18(20(27-31-12)19-15(23)4-2-5-16(19)24)22(29)26-14-8-7-13(10-14)11-25-21(28)17-6-3-9-30-17/h2-6,9,13-14H,7-8,10-11H2,1H3,(H,25,28)(H,26,29)/t13-,14+/m1/s1. The van der Waals surface area contributed by atoms with Crippen LogP contribution in [0.3, 0.4) is 0 Å². The molecule has 2 aromatic heterocycles. The number of amides is 2. The Hall–Kier alpha value is -3.13. The van der Waals surface area contributed by atoms with E-state index in [1.165, 1.54) is 24.5 Å². The average Bonchev–Trinajstić information content (AvgIpc) is 3.48. The van der Waals surface area contributed by atoms with Gasteiger partial charge in [-0.1, -0.05) is 22.8 Å². The van der Waals surface area contributed by atoms with Crippen molar-refractivity contribution in [2.24, 2.45) is 5.92 Å². The zero-order valence-corrected chi connectivity index (χ0v) is 17.5. The molecule has 1 aromatic carbocycles. The molecule has 2 amide bonds. The minimum atomic E-state index is -0.580. The van der Waals surface area contributed by atoms with E-state index < -0.39 is 11.7 Å². The number of aryl methyl sites for hydroxylation is 1. The molecular weight excluding hydrogens is 425 g/mol. The van der Waals surface area contributed by atoms with Gasteiger partial charge in [0, 0.05) is 12.6 Å². The van der Waals surface area contributed by atoms with Crippen molar-refractivity contribution in [3.05, 3.63) is 64.5 Å². The molecule has 4 rings (SSSR count). The average molecular weight is 446 g/mol. The molecule has 162 valence electrons. The second-order valence-electron chi connectivity index (χ2n) is 7.60. The van der Waals surface area contributed by atoms with Gasteiger partial charge in [0.15, 0.2) is 5.76 Å². The van der Waals surface area contributed by atoms with Crippen molar-refractivity contribution in [1.82, 2.24) is 15.8 Å². The third-order valence-corrected chi connectivity index (χ3v) is 5.78. The molecule has 0 saturated heterocycles. The smallest absolute Gasteiger partial charge is 0.286 e. The summed E-state index contributed by atoms with van der Waals surface area (Å²) >= 11 is 6.14. The first-order chi connectivity index (χ1) is 14.9. The molecule has 2 heterocycles. The number of benzene rings is 1. The first-order valence-electron chi connectivity index (χ1n) is 9.97. The highest BCUT2D eigenvalue weighted by Crippen LogP contribution is 2.34. The monoisotopic (exact) mass is 445 g/mol. The molecule has 0 unspecified atom stereocenters. The topological polar surface area (TPSA) is 97.4 Å². The van der Waals surface area contributed by atoms with Crippen LogP contribution < -0.4 is 10.6 Å². The Morgan fingerprint density at radius 2 is 2.06 bits per heavy atom. The molecule has 2 atom stereocenters. The van der Waals surface area contributed by atoms with Gasteiger partial charge in [-0.2, -0.15) is 0 Å². The van der Waals surface area contributed by atoms with Gasteiger partial charge in [-0.25, -0.2) is 4.39 Å². The summed E-state index contributed by atoms with van der Waals surface area (Å²) < 4.78 is 24.6. The Morgan fingerprint density at radius 1 is 1.23 bits per heavy atom. The lowest BCUT2D eigenvalue weighted by molar-refractivity contribution is 0.0911. The molecule has 0 aliphatic heterocycles. The SMILES string of the molecule is Cc1onc(-c2c(F)cccc2Cl)c1C(=O)N[C@H]1CC[C@@H](CNC(=O)c2ccco2)C1. The van der Waals surface area contributed by atoms with Crippen LogP contribution >= 0.6 is 11.6 Å². The van der Waals surface area contributed by atoms with Crippen molar-refractivity contribution in [3.63, 3.8) is 0 Å². The zero-order valence-electron chi connectivity index (χ0n) is 16.8. The van der Waals surface area contributed by atoms with E-state index in [0.29, 0.717) is 13.0 Å². The maximum absolute atomic E-state index is 14.4. The Morgan fingerprint density at radius 3 is 2.81 bits per heavy atom. The summed E-state index contributed by atoms with van der Waals surface area (Å²) in [5.74, 6) is -0.448. The van der Waals surface area contributed by atoms with Crippen LogP contribution in [0.2, 0.25) is 5.02 Å². The van der Waals surface area contributed by atoms with Crippen LogP contribution in [-0.4, -0.2) is 29.6 Å². The molecule has 7 nitrogen and oxygen atoms in total. The number of rotatable bonds is 6. The van der Waals surface area contributed by atoms with Crippen molar-refractivity contribution in [3.8, 4) is 11.3 Å². The summed E-state index contributed by atoms with van der Waals surface area (Å²) in [6.07, 6.45) is 3.79. The van der Waals surface area contributed by atoms with Crippen LogP contribution in [0.4, 0.5) is 4.39 Å². The second-order valence-corrected chi connectivity index (χ2v) is 8.00. The third-order valence-electron chi connectivity index (χ3n) is 5.46. The summed E-state index contributed by atoms with van der Waals surface area (Å²) in [4.78, 5) is 25.0. The summed E-state index contributed by atoms with van der Waals surface area (Å²) in [7, 11) is 0. The number of hydrogen-bond acceptors (Lipinski definition) is 5. The lowest BCUT2D eigenvalue weighted by atomic mass is 10.0. The Bertz CT molecular complexity index is 1080. The molecule has 2 N–H and O–H groups in total. The number of nitrogens with zero attached hydrogens (tertiary/aromatic N) is 1. The lowest BCUT2D eigenvalue weighted by Crippen LogP contribution is -2.34. The fourth-order valence-corrected chi connectivity index (χ4v) is 4.17. The molecule has 0 spiro atoms. The summed E-state index contributed by atoms with van der Waals surface area (Å²) in [6, 6.07) is 7.46. The van der Waals surface area contributed by atoms with Gasteiger partial charge in [0.1, 0.15) is 22.8 Å². The molecule has 3 aromatic rings. The van der Waals surface area contributed by atoms with Gasteiger partial charge in [-0.3, -0.25) is 9.59 Å². The van der Waals surface area contributed by atoms with E-state index >= 15 is 0 Å². The zero-order chi connectivity index (χ0) is 22.0. The number of furan rings is 1. The minimum absolute atomic E-state index is 0.0381. The number of hydrogen-bond donors (Lipinski definition) is 2. The van der Waals surface area contributed by atoms with Crippen molar-refractivity contribution in [2.75, 3.05) is 6.54 Å². The lowest BCUT2D eigenvalue weighted by Gasteiger charge is -2.14. The molecule has 1 fully saturated rings. The fourth-order valence-electron chi connectivity index (χ4n) is 3.92. The molecule has 9 heteroatoms. The summed E-state index contributed by atoms with van der Waals surface area (Å²) in [5, 5.41) is 9.86. The van der Waals surface area contributed by atoms with E-state index in [1.54, 1.807) is 19.1 Å². The van der Waals surface area contributed by atoms with Gasteiger partial charge < -0.3 is 19.6 Å². The summed E-state index contributed by atoms with van der Waals surface area (Å²) in [6.45, 7) is 2.09. The van der Waals surface area contributed by atoms with Crippen LogP contribution in [0.5, 0.6) is 0 Å². The number of carbonyl (C=O) groups is 2. The van der Waals surface area contributed by atoms with Gasteiger partial charge in [-0.05, 0) is 56.4 Å². The predicted octanol–water partition coefficient (Wildman–Crippen LogP) is 4.36. The largest absolute Gasteiger partial charge is 0.459 e. The predicted molar refractivity (Wildman–Crippen MR) is 111 cm³/mol. The highest BCUT2D eigenvalue weighted by Gasteiger charge is 2.30. The third kappa shape index (κ3) is 4.49. The Kier molecular flexibility index (Phi) is 6.08. The van der Waals surface area contributed by atoms with Crippen LogP contribution in [0, 0.1) is 18.7 Å². The normalized spacial score (nSPS) is 18.2. The van der Waals surface area contributed by atoms with Crippen molar-refractivity contribution < 1.29 is 22.9 Å².